The lowest BCUT2D eigenvalue weighted by molar-refractivity contribution is -0.111. The lowest BCUT2D eigenvalue weighted by Crippen LogP contribution is -1.86. The Hall–Kier alpha value is -0.0400. The van der Waals surface area contributed by atoms with E-state index in [1.165, 1.54) is 103 Å². The fourth-order valence-electron chi connectivity index (χ4n) is 3.17. The number of halogens is 1. The summed E-state index contributed by atoms with van der Waals surface area (Å²) in [6, 6.07) is 0. The molecule has 0 aromatic heterocycles. The van der Waals surface area contributed by atoms with Crippen LogP contribution in [0.1, 0.15) is 129 Å². The van der Waals surface area contributed by atoms with Crippen molar-refractivity contribution in [1.82, 2.24) is 0 Å². The molecule has 0 spiro atoms. The molecule has 2 heteroatoms. The van der Waals surface area contributed by atoms with Crippen LogP contribution in [0.2, 0.25) is 0 Å². The molecule has 23 heavy (non-hydrogen) atoms. The summed E-state index contributed by atoms with van der Waals surface area (Å²) in [5.74, 6) is 0. The molecule has 0 aromatic carbocycles. The topological polar surface area (TPSA) is 17.1 Å². The summed E-state index contributed by atoms with van der Waals surface area (Å²) in [7, 11) is 0. The van der Waals surface area contributed by atoms with Crippen molar-refractivity contribution in [3.05, 3.63) is 0 Å². The summed E-state index contributed by atoms with van der Waals surface area (Å²) in [5, 5.41) is -0.179. The predicted molar refractivity (Wildman–Crippen MR) is 104 cm³/mol. The van der Waals surface area contributed by atoms with Crippen LogP contribution < -0.4 is 0 Å². The molecule has 0 fully saturated rings. The molecular formula is C21H41ClO. The summed E-state index contributed by atoms with van der Waals surface area (Å²) in [6.45, 7) is 2.28. The van der Waals surface area contributed by atoms with Gasteiger partial charge < -0.3 is 0 Å². The van der Waals surface area contributed by atoms with Gasteiger partial charge in [-0.1, -0.05) is 116 Å². The van der Waals surface area contributed by atoms with Crippen LogP contribution in [0.3, 0.4) is 0 Å². The van der Waals surface area contributed by atoms with Crippen molar-refractivity contribution >= 4 is 16.8 Å². The first kappa shape index (κ1) is 23.0. The van der Waals surface area contributed by atoms with Gasteiger partial charge in [0.15, 0.2) is 0 Å². The monoisotopic (exact) mass is 344 g/mol. The maximum Gasteiger partial charge on any atom is 0.221 e. The molecule has 0 aromatic rings. The molecule has 1 nitrogen and oxygen atoms in total. The van der Waals surface area contributed by atoms with Gasteiger partial charge in [0.25, 0.3) is 0 Å². The highest BCUT2D eigenvalue weighted by Crippen LogP contribution is 2.14. The van der Waals surface area contributed by atoms with Gasteiger partial charge in [0, 0.05) is 6.42 Å². The van der Waals surface area contributed by atoms with Crippen LogP contribution in [0.15, 0.2) is 0 Å². The van der Waals surface area contributed by atoms with Gasteiger partial charge in [0.1, 0.15) is 0 Å². The van der Waals surface area contributed by atoms with Crippen LogP contribution in [-0.4, -0.2) is 5.24 Å². The number of carbonyl (C=O) groups excluding carboxylic acids is 1. The SMILES string of the molecule is CCCCCCCCCCCCCCCCCCCCC(=O)Cl. The highest BCUT2D eigenvalue weighted by atomic mass is 35.5. The van der Waals surface area contributed by atoms with E-state index in [-0.39, 0.29) is 5.24 Å². The molecule has 0 N–H and O–H groups in total. The Morgan fingerprint density at radius 2 is 0.783 bits per heavy atom. The van der Waals surface area contributed by atoms with Crippen LogP contribution in [0.4, 0.5) is 0 Å². The van der Waals surface area contributed by atoms with Gasteiger partial charge in [-0.05, 0) is 18.0 Å². The lowest BCUT2D eigenvalue weighted by Gasteiger charge is -2.03. The molecule has 0 unspecified atom stereocenters. The molecule has 0 aliphatic rings. The average molecular weight is 345 g/mol. The minimum absolute atomic E-state index is 0.179. The lowest BCUT2D eigenvalue weighted by atomic mass is 10.0. The highest BCUT2D eigenvalue weighted by Gasteiger charge is 1.97. The Labute approximate surface area is 151 Å². The van der Waals surface area contributed by atoms with Gasteiger partial charge in [-0.3, -0.25) is 4.79 Å². The summed E-state index contributed by atoms with van der Waals surface area (Å²) >= 11 is 5.32. The van der Waals surface area contributed by atoms with E-state index in [1.807, 2.05) is 0 Å². The molecule has 0 aliphatic carbocycles. The third-order valence-corrected chi connectivity index (χ3v) is 4.92. The third-order valence-electron chi connectivity index (χ3n) is 4.73. The van der Waals surface area contributed by atoms with Crippen molar-refractivity contribution in [1.29, 1.82) is 0 Å². The van der Waals surface area contributed by atoms with Crippen molar-refractivity contribution in [3.63, 3.8) is 0 Å². The van der Waals surface area contributed by atoms with E-state index < -0.39 is 0 Å². The normalized spacial score (nSPS) is 11.0. The minimum Gasteiger partial charge on any atom is -0.281 e. The van der Waals surface area contributed by atoms with Crippen LogP contribution in [0.25, 0.3) is 0 Å². The minimum atomic E-state index is -0.179. The second-order valence-corrected chi connectivity index (χ2v) is 7.54. The number of hydrogen-bond acceptors (Lipinski definition) is 1. The predicted octanol–water partition coefficient (Wildman–Crippen LogP) is 8.18. The molecule has 138 valence electrons. The molecule has 0 bridgehead atoms. The highest BCUT2D eigenvalue weighted by molar-refractivity contribution is 6.63. The van der Waals surface area contributed by atoms with Gasteiger partial charge in [-0.15, -0.1) is 0 Å². The maximum absolute atomic E-state index is 10.6. The molecule has 0 aliphatic heterocycles. The second-order valence-electron chi connectivity index (χ2n) is 7.12. The van der Waals surface area contributed by atoms with Crippen molar-refractivity contribution in [2.45, 2.75) is 129 Å². The molecule has 0 atom stereocenters. The van der Waals surface area contributed by atoms with E-state index in [1.54, 1.807) is 0 Å². The van der Waals surface area contributed by atoms with Crippen LogP contribution in [0, 0.1) is 0 Å². The first-order valence-corrected chi connectivity index (χ1v) is 10.8. The molecule has 0 radical (unpaired) electrons. The Morgan fingerprint density at radius 1 is 0.522 bits per heavy atom. The van der Waals surface area contributed by atoms with Gasteiger partial charge in [-0.25, -0.2) is 0 Å². The van der Waals surface area contributed by atoms with Crippen molar-refractivity contribution in [2.75, 3.05) is 0 Å². The van der Waals surface area contributed by atoms with Gasteiger partial charge in [-0.2, -0.15) is 0 Å². The Balaban J connectivity index is 2.96. The molecule has 0 amide bonds. The maximum atomic E-state index is 10.6. The van der Waals surface area contributed by atoms with E-state index in [9.17, 15) is 4.79 Å². The van der Waals surface area contributed by atoms with E-state index in [4.69, 9.17) is 11.6 Å². The molecular weight excluding hydrogens is 304 g/mol. The third kappa shape index (κ3) is 22.0. The van der Waals surface area contributed by atoms with E-state index in [0.717, 1.165) is 12.8 Å². The zero-order valence-electron chi connectivity index (χ0n) is 15.7. The largest absolute Gasteiger partial charge is 0.281 e. The quantitative estimate of drug-likeness (QED) is 0.170. The van der Waals surface area contributed by atoms with E-state index >= 15 is 0 Å². The Morgan fingerprint density at radius 3 is 1.04 bits per heavy atom. The number of rotatable bonds is 19. The number of unbranched alkanes of at least 4 members (excludes halogenated alkanes) is 17. The number of hydrogen-bond donors (Lipinski definition) is 0. The number of carbonyl (C=O) groups is 1. The fourth-order valence-corrected chi connectivity index (χ4v) is 3.30. The summed E-state index contributed by atoms with van der Waals surface area (Å²) < 4.78 is 0. The smallest absolute Gasteiger partial charge is 0.221 e. The van der Waals surface area contributed by atoms with Crippen LogP contribution in [-0.2, 0) is 4.79 Å². The zero-order chi connectivity index (χ0) is 17.0. The van der Waals surface area contributed by atoms with Gasteiger partial charge in [0.05, 0.1) is 0 Å². The zero-order valence-corrected chi connectivity index (χ0v) is 16.5. The Kier molecular flexibility index (Phi) is 20.0. The second kappa shape index (κ2) is 20.0. The van der Waals surface area contributed by atoms with Gasteiger partial charge in [0.2, 0.25) is 5.24 Å². The molecule has 0 saturated carbocycles. The first-order chi connectivity index (χ1) is 11.3. The van der Waals surface area contributed by atoms with Gasteiger partial charge >= 0.3 is 0 Å². The first-order valence-electron chi connectivity index (χ1n) is 10.5. The molecule has 0 heterocycles. The van der Waals surface area contributed by atoms with Crippen LogP contribution in [0.5, 0.6) is 0 Å². The van der Waals surface area contributed by atoms with Crippen molar-refractivity contribution < 1.29 is 4.79 Å². The average Bonchev–Trinajstić information content (AvgIpc) is 2.53. The fraction of sp³-hybridized carbons (Fsp3) is 0.952. The molecule has 0 rings (SSSR count). The van der Waals surface area contributed by atoms with Crippen LogP contribution >= 0.6 is 11.6 Å². The molecule has 0 saturated heterocycles. The van der Waals surface area contributed by atoms with E-state index in [0.29, 0.717) is 6.42 Å². The summed E-state index contributed by atoms with van der Waals surface area (Å²) in [6.07, 6.45) is 25.3. The van der Waals surface area contributed by atoms with Crippen molar-refractivity contribution in [2.24, 2.45) is 0 Å². The standard InChI is InChI=1S/C21H41ClO/c1-2-3-4-5-6-7-8-9-10-11-12-13-14-15-16-17-18-19-20-21(22)23/h2-20H2,1H3. The summed E-state index contributed by atoms with van der Waals surface area (Å²) in [5.41, 5.74) is 0. The Bertz CT molecular complexity index is 240. The van der Waals surface area contributed by atoms with Crippen molar-refractivity contribution in [3.8, 4) is 0 Å². The summed E-state index contributed by atoms with van der Waals surface area (Å²) in [4.78, 5) is 10.6. The van der Waals surface area contributed by atoms with E-state index in [2.05, 4.69) is 6.92 Å².